The predicted molar refractivity (Wildman–Crippen MR) is 79.2 cm³/mol. The standard InChI is InChI=1S/C15H26F4N2O2/c1-13(2,16)9-21-8-10(5-6-11(21)15(17,18)19)7-14(3,4)20-12(22)23/h10-11,20H,5-9H2,1-4H3,(H,22,23). The number of rotatable bonds is 5. The SMILES string of the molecule is CC(C)(F)CN1CC(CC(C)(C)NC(=O)O)CCC1C(F)(F)F. The van der Waals surface area contributed by atoms with Gasteiger partial charge < -0.3 is 10.4 Å². The molecule has 2 unspecified atom stereocenters. The Bertz CT molecular complexity index is 419. The first-order valence-electron chi connectivity index (χ1n) is 7.70. The zero-order valence-electron chi connectivity index (χ0n) is 14.0. The maximum absolute atomic E-state index is 13.9. The highest BCUT2D eigenvalue weighted by atomic mass is 19.4. The monoisotopic (exact) mass is 342 g/mol. The van der Waals surface area contributed by atoms with Crippen molar-refractivity contribution in [2.24, 2.45) is 5.92 Å². The van der Waals surface area contributed by atoms with Gasteiger partial charge in [-0.05, 0) is 52.9 Å². The minimum Gasteiger partial charge on any atom is -0.465 e. The molecule has 0 aliphatic carbocycles. The smallest absolute Gasteiger partial charge is 0.405 e. The lowest BCUT2D eigenvalue weighted by atomic mass is 9.83. The van der Waals surface area contributed by atoms with Crippen molar-refractivity contribution in [2.45, 2.75) is 70.4 Å². The largest absolute Gasteiger partial charge is 0.465 e. The Morgan fingerprint density at radius 3 is 2.17 bits per heavy atom. The van der Waals surface area contributed by atoms with Gasteiger partial charge in [-0.3, -0.25) is 4.90 Å². The average Bonchev–Trinajstić information content (AvgIpc) is 2.21. The van der Waals surface area contributed by atoms with Crippen molar-refractivity contribution < 1.29 is 27.5 Å². The summed E-state index contributed by atoms with van der Waals surface area (Å²) in [5, 5.41) is 11.2. The molecule has 0 bridgehead atoms. The zero-order chi connectivity index (χ0) is 18.1. The van der Waals surface area contributed by atoms with Crippen molar-refractivity contribution in [1.82, 2.24) is 10.2 Å². The van der Waals surface area contributed by atoms with Crippen LogP contribution < -0.4 is 5.32 Å². The van der Waals surface area contributed by atoms with Crippen molar-refractivity contribution in [3.05, 3.63) is 0 Å². The molecular weight excluding hydrogens is 316 g/mol. The van der Waals surface area contributed by atoms with Crippen LogP contribution in [0.5, 0.6) is 0 Å². The Morgan fingerprint density at radius 2 is 1.74 bits per heavy atom. The summed E-state index contributed by atoms with van der Waals surface area (Å²) in [6.07, 6.45) is -4.88. The second-order valence-corrected chi connectivity index (χ2v) is 7.67. The Morgan fingerprint density at radius 1 is 1.17 bits per heavy atom. The van der Waals surface area contributed by atoms with Gasteiger partial charge in [0.05, 0.1) is 0 Å². The summed E-state index contributed by atoms with van der Waals surface area (Å²) >= 11 is 0. The topological polar surface area (TPSA) is 52.6 Å². The number of likely N-dealkylation sites (tertiary alicyclic amines) is 1. The van der Waals surface area contributed by atoms with E-state index in [0.29, 0.717) is 12.8 Å². The first kappa shape index (κ1) is 20.0. The number of nitrogens with zero attached hydrogens (tertiary/aromatic N) is 1. The van der Waals surface area contributed by atoms with Crippen molar-refractivity contribution in [2.75, 3.05) is 13.1 Å². The van der Waals surface area contributed by atoms with E-state index < -0.39 is 29.5 Å². The molecule has 2 atom stereocenters. The van der Waals surface area contributed by atoms with Crippen molar-refractivity contribution in [3.63, 3.8) is 0 Å². The highest BCUT2D eigenvalue weighted by Crippen LogP contribution is 2.37. The van der Waals surface area contributed by atoms with Gasteiger partial charge in [-0.1, -0.05) is 0 Å². The molecule has 1 saturated heterocycles. The fourth-order valence-corrected chi connectivity index (χ4v) is 3.38. The maximum Gasteiger partial charge on any atom is 0.405 e. The summed E-state index contributed by atoms with van der Waals surface area (Å²) in [5.74, 6) is -0.113. The number of piperidine rings is 1. The number of halogens is 4. The summed E-state index contributed by atoms with van der Waals surface area (Å²) in [5.41, 5.74) is -2.46. The Kier molecular flexibility index (Phi) is 5.93. The highest BCUT2D eigenvalue weighted by Gasteiger charge is 2.47. The molecule has 0 spiro atoms. The molecule has 8 heteroatoms. The summed E-state index contributed by atoms with van der Waals surface area (Å²) < 4.78 is 53.3. The molecule has 0 aromatic carbocycles. The van der Waals surface area contributed by atoms with Crippen LogP contribution >= 0.6 is 0 Å². The third-order valence-corrected chi connectivity index (χ3v) is 3.98. The number of carbonyl (C=O) groups is 1. The molecule has 0 saturated carbocycles. The van der Waals surface area contributed by atoms with E-state index in [-0.39, 0.29) is 25.4 Å². The molecule has 136 valence electrons. The number of amides is 1. The van der Waals surface area contributed by atoms with E-state index in [4.69, 9.17) is 5.11 Å². The minimum atomic E-state index is -4.38. The molecular formula is C15H26F4N2O2. The molecule has 1 amide bonds. The van der Waals surface area contributed by atoms with Gasteiger partial charge >= 0.3 is 12.3 Å². The summed E-state index contributed by atoms with van der Waals surface area (Å²) in [4.78, 5) is 11.9. The van der Waals surface area contributed by atoms with E-state index in [1.165, 1.54) is 13.8 Å². The molecule has 1 fully saturated rings. The van der Waals surface area contributed by atoms with Gasteiger partial charge in [-0.2, -0.15) is 13.2 Å². The van der Waals surface area contributed by atoms with Gasteiger partial charge in [0.25, 0.3) is 0 Å². The van der Waals surface area contributed by atoms with Crippen molar-refractivity contribution in [3.8, 4) is 0 Å². The van der Waals surface area contributed by atoms with Crippen LogP contribution in [0, 0.1) is 5.92 Å². The van der Waals surface area contributed by atoms with Crippen LogP contribution in [-0.4, -0.2) is 52.6 Å². The van der Waals surface area contributed by atoms with Crippen molar-refractivity contribution >= 4 is 6.09 Å². The van der Waals surface area contributed by atoms with Crippen LogP contribution in [-0.2, 0) is 0 Å². The van der Waals surface area contributed by atoms with Crippen LogP contribution in [0.3, 0.4) is 0 Å². The molecule has 4 nitrogen and oxygen atoms in total. The van der Waals surface area contributed by atoms with E-state index in [2.05, 4.69) is 5.32 Å². The lowest BCUT2D eigenvalue weighted by Crippen LogP contribution is -2.55. The van der Waals surface area contributed by atoms with Gasteiger partial charge in [0, 0.05) is 18.6 Å². The zero-order valence-corrected chi connectivity index (χ0v) is 14.0. The number of hydrogen-bond donors (Lipinski definition) is 2. The van der Waals surface area contributed by atoms with Crippen LogP contribution in [0.4, 0.5) is 22.4 Å². The Labute approximate surface area is 134 Å². The molecule has 23 heavy (non-hydrogen) atoms. The fraction of sp³-hybridized carbons (Fsp3) is 0.933. The van der Waals surface area contributed by atoms with Crippen LogP contribution in [0.2, 0.25) is 0 Å². The molecule has 0 aromatic heterocycles. The van der Waals surface area contributed by atoms with Gasteiger partial charge in [-0.15, -0.1) is 0 Å². The molecule has 1 heterocycles. The second kappa shape index (κ2) is 6.83. The highest BCUT2D eigenvalue weighted by molar-refractivity contribution is 5.65. The minimum absolute atomic E-state index is 0.0899. The van der Waals surface area contributed by atoms with E-state index in [0.717, 1.165) is 4.90 Å². The van der Waals surface area contributed by atoms with Crippen LogP contribution in [0.25, 0.3) is 0 Å². The number of hydrogen-bond acceptors (Lipinski definition) is 2. The van der Waals surface area contributed by atoms with Crippen molar-refractivity contribution in [1.29, 1.82) is 0 Å². The van der Waals surface area contributed by atoms with Gasteiger partial charge in [0.1, 0.15) is 11.7 Å². The lowest BCUT2D eigenvalue weighted by molar-refractivity contribution is -0.198. The molecule has 1 aliphatic heterocycles. The van der Waals surface area contributed by atoms with E-state index in [1.54, 1.807) is 13.8 Å². The first-order valence-corrected chi connectivity index (χ1v) is 7.70. The summed E-state index contributed by atoms with van der Waals surface area (Å²) in [6, 6.07) is -1.63. The Hall–Kier alpha value is -1.05. The maximum atomic E-state index is 13.9. The van der Waals surface area contributed by atoms with E-state index >= 15 is 0 Å². The normalized spacial score (nSPS) is 24.5. The second-order valence-electron chi connectivity index (χ2n) is 7.67. The quantitative estimate of drug-likeness (QED) is 0.747. The number of alkyl halides is 4. The Balaban J connectivity index is 2.80. The van der Waals surface area contributed by atoms with E-state index in [9.17, 15) is 22.4 Å². The first-order chi connectivity index (χ1) is 10.2. The third-order valence-electron chi connectivity index (χ3n) is 3.98. The van der Waals surface area contributed by atoms with Crippen LogP contribution in [0.15, 0.2) is 0 Å². The lowest BCUT2D eigenvalue weighted by Gasteiger charge is -2.43. The number of carboxylic acid groups (broad SMARTS) is 1. The molecule has 1 aliphatic rings. The summed E-state index contributed by atoms with van der Waals surface area (Å²) in [7, 11) is 0. The molecule has 1 rings (SSSR count). The average molecular weight is 342 g/mol. The van der Waals surface area contributed by atoms with Crippen LogP contribution in [0.1, 0.15) is 47.0 Å². The molecule has 0 aromatic rings. The number of nitrogens with one attached hydrogen (secondary N) is 1. The van der Waals surface area contributed by atoms with Gasteiger partial charge in [0.15, 0.2) is 0 Å². The van der Waals surface area contributed by atoms with E-state index in [1.807, 2.05) is 0 Å². The predicted octanol–water partition coefficient (Wildman–Crippen LogP) is 3.81. The summed E-state index contributed by atoms with van der Waals surface area (Å²) in [6.45, 7) is 5.74. The molecule has 2 N–H and O–H groups in total. The van der Waals surface area contributed by atoms with Gasteiger partial charge in [-0.25, -0.2) is 9.18 Å². The molecule has 0 radical (unpaired) electrons. The van der Waals surface area contributed by atoms with Gasteiger partial charge in [0.2, 0.25) is 0 Å². The third kappa shape index (κ3) is 6.93. The fourth-order valence-electron chi connectivity index (χ4n) is 3.38.